The molecule has 2 aliphatic heterocycles. The van der Waals surface area contributed by atoms with E-state index in [4.69, 9.17) is 4.74 Å². The summed E-state index contributed by atoms with van der Waals surface area (Å²) in [6.07, 6.45) is 2.50. The quantitative estimate of drug-likeness (QED) is 0.880. The molecule has 5 nitrogen and oxygen atoms in total. The number of anilines is 1. The Morgan fingerprint density at radius 2 is 2.09 bits per heavy atom. The molecule has 1 atom stereocenters. The zero-order valence-corrected chi connectivity index (χ0v) is 12.2. The second-order valence-electron chi connectivity index (χ2n) is 5.76. The number of ether oxygens (including phenoxy) is 1. The number of hydrogen-bond acceptors (Lipinski definition) is 3. The van der Waals surface area contributed by atoms with Gasteiger partial charge >= 0.3 is 6.03 Å². The first-order valence-electron chi connectivity index (χ1n) is 7.46. The number of carbonyl (C=O) groups excluding carboxylic acids is 1. The van der Waals surface area contributed by atoms with Gasteiger partial charge in [0.1, 0.15) is 11.4 Å². The van der Waals surface area contributed by atoms with E-state index >= 15 is 0 Å². The highest BCUT2D eigenvalue weighted by Gasteiger charge is 2.46. The summed E-state index contributed by atoms with van der Waals surface area (Å²) < 4.78 is 6.07. The molecule has 1 aromatic carbocycles. The highest BCUT2D eigenvalue weighted by atomic mass is 16.5. The minimum absolute atomic E-state index is 0.122. The molecule has 1 aromatic heterocycles. The SMILES string of the molecule is O=C(Nc1ccccn1)N1CC[C@]2(C1)OCc1ccccc12. The standard InChI is InChI=1S/C17H17N3O2/c21-16(19-15-7-3-4-9-18-15)20-10-8-17(12-20)14-6-2-1-5-13(14)11-22-17/h1-7,9H,8,10-12H2,(H,18,19,21)/t17-/m1/s1. The fourth-order valence-electron chi connectivity index (χ4n) is 3.30. The molecule has 2 aliphatic rings. The normalized spacial score (nSPS) is 22.8. The van der Waals surface area contributed by atoms with Gasteiger partial charge in [0, 0.05) is 19.2 Å². The molecule has 3 heterocycles. The maximum atomic E-state index is 12.4. The number of likely N-dealkylation sites (tertiary alicyclic amines) is 1. The predicted molar refractivity (Wildman–Crippen MR) is 82.4 cm³/mol. The van der Waals surface area contributed by atoms with Crippen molar-refractivity contribution in [2.45, 2.75) is 18.6 Å². The van der Waals surface area contributed by atoms with E-state index in [0.29, 0.717) is 25.5 Å². The Kier molecular flexibility index (Phi) is 3.08. The Balaban J connectivity index is 1.50. The van der Waals surface area contributed by atoms with Gasteiger partial charge in [0.05, 0.1) is 13.2 Å². The number of fused-ring (bicyclic) bond motifs is 2. The number of nitrogens with zero attached hydrogens (tertiary/aromatic N) is 2. The van der Waals surface area contributed by atoms with Crippen LogP contribution in [0.3, 0.4) is 0 Å². The summed E-state index contributed by atoms with van der Waals surface area (Å²) in [5.74, 6) is 0.571. The molecule has 2 amide bonds. The Bertz CT molecular complexity index is 704. The van der Waals surface area contributed by atoms with E-state index in [0.717, 1.165) is 6.42 Å². The Labute approximate surface area is 128 Å². The average molecular weight is 295 g/mol. The van der Waals surface area contributed by atoms with Crippen LogP contribution in [0.5, 0.6) is 0 Å². The van der Waals surface area contributed by atoms with Gasteiger partial charge in [-0.1, -0.05) is 30.3 Å². The molecule has 5 heteroatoms. The topological polar surface area (TPSA) is 54.5 Å². The van der Waals surface area contributed by atoms with Gasteiger partial charge in [-0.3, -0.25) is 5.32 Å². The van der Waals surface area contributed by atoms with E-state index in [-0.39, 0.29) is 11.6 Å². The van der Waals surface area contributed by atoms with Crippen LogP contribution in [0.2, 0.25) is 0 Å². The minimum atomic E-state index is -0.335. The monoisotopic (exact) mass is 295 g/mol. The molecule has 2 aromatic rings. The van der Waals surface area contributed by atoms with Crippen molar-refractivity contribution in [3.05, 3.63) is 59.8 Å². The summed E-state index contributed by atoms with van der Waals surface area (Å²) in [6, 6.07) is 13.6. The predicted octanol–water partition coefficient (Wildman–Crippen LogP) is 2.74. The van der Waals surface area contributed by atoms with Crippen LogP contribution < -0.4 is 5.32 Å². The number of carbonyl (C=O) groups is 1. The number of pyridine rings is 1. The first kappa shape index (κ1) is 13.3. The zero-order chi connectivity index (χ0) is 15.0. The lowest BCUT2D eigenvalue weighted by atomic mass is 9.92. The van der Waals surface area contributed by atoms with Crippen LogP contribution in [0.15, 0.2) is 48.7 Å². The fraction of sp³-hybridized carbons (Fsp3) is 0.294. The van der Waals surface area contributed by atoms with E-state index < -0.39 is 0 Å². The average Bonchev–Trinajstić information content (AvgIpc) is 3.15. The van der Waals surface area contributed by atoms with Gasteiger partial charge in [-0.15, -0.1) is 0 Å². The first-order valence-corrected chi connectivity index (χ1v) is 7.46. The summed E-state index contributed by atoms with van der Waals surface area (Å²) in [7, 11) is 0. The van der Waals surface area contributed by atoms with Crippen molar-refractivity contribution >= 4 is 11.8 Å². The van der Waals surface area contributed by atoms with Gasteiger partial charge < -0.3 is 9.64 Å². The van der Waals surface area contributed by atoms with Gasteiger partial charge in [-0.2, -0.15) is 0 Å². The van der Waals surface area contributed by atoms with Crippen LogP contribution in [0.1, 0.15) is 17.5 Å². The third kappa shape index (κ3) is 2.14. The molecule has 1 saturated heterocycles. The molecule has 1 fully saturated rings. The number of hydrogen-bond donors (Lipinski definition) is 1. The lowest BCUT2D eigenvalue weighted by Gasteiger charge is -2.24. The molecule has 0 unspecified atom stereocenters. The van der Waals surface area contributed by atoms with Crippen LogP contribution in [0, 0.1) is 0 Å². The molecule has 1 spiro atoms. The second kappa shape index (κ2) is 5.10. The number of aromatic nitrogens is 1. The summed E-state index contributed by atoms with van der Waals surface area (Å²) in [5, 5.41) is 2.83. The van der Waals surface area contributed by atoms with Crippen molar-refractivity contribution in [3.63, 3.8) is 0 Å². The summed E-state index contributed by atoms with van der Waals surface area (Å²) >= 11 is 0. The highest BCUT2D eigenvalue weighted by molar-refractivity contribution is 5.88. The maximum Gasteiger partial charge on any atom is 0.323 e. The minimum Gasteiger partial charge on any atom is -0.364 e. The largest absolute Gasteiger partial charge is 0.364 e. The van der Waals surface area contributed by atoms with Crippen molar-refractivity contribution in [3.8, 4) is 0 Å². The van der Waals surface area contributed by atoms with Gasteiger partial charge in [0.2, 0.25) is 0 Å². The molecule has 0 radical (unpaired) electrons. The highest BCUT2D eigenvalue weighted by Crippen LogP contribution is 2.43. The lowest BCUT2D eigenvalue weighted by Crippen LogP contribution is -2.37. The van der Waals surface area contributed by atoms with Crippen molar-refractivity contribution in [1.82, 2.24) is 9.88 Å². The van der Waals surface area contributed by atoms with Crippen molar-refractivity contribution < 1.29 is 9.53 Å². The third-order valence-electron chi connectivity index (χ3n) is 4.43. The number of amides is 2. The van der Waals surface area contributed by atoms with Crippen molar-refractivity contribution in [2.75, 3.05) is 18.4 Å². The summed E-state index contributed by atoms with van der Waals surface area (Å²) in [5.41, 5.74) is 2.12. The number of rotatable bonds is 1. The molecular weight excluding hydrogens is 278 g/mol. The van der Waals surface area contributed by atoms with E-state index in [2.05, 4.69) is 22.4 Å². The number of urea groups is 1. The van der Waals surface area contributed by atoms with Crippen molar-refractivity contribution in [2.24, 2.45) is 0 Å². The molecule has 0 bridgehead atoms. The molecular formula is C17H17N3O2. The second-order valence-corrected chi connectivity index (χ2v) is 5.76. The Hall–Kier alpha value is -2.40. The molecule has 22 heavy (non-hydrogen) atoms. The molecule has 4 rings (SSSR count). The smallest absolute Gasteiger partial charge is 0.323 e. The van der Waals surface area contributed by atoms with Gasteiger partial charge in [-0.25, -0.2) is 9.78 Å². The van der Waals surface area contributed by atoms with Gasteiger partial charge in [0.25, 0.3) is 0 Å². The number of benzene rings is 1. The van der Waals surface area contributed by atoms with Gasteiger partial charge in [0.15, 0.2) is 0 Å². The maximum absolute atomic E-state index is 12.4. The van der Waals surface area contributed by atoms with E-state index in [9.17, 15) is 4.79 Å². The Morgan fingerprint density at radius 3 is 2.95 bits per heavy atom. The van der Waals surface area contributed by atoms with Crippen LogP contribution in [0.4, 0.5) is 10.6 Å². The molecule has 0 aliphatic carbocycles. The number of nitrogens with one attached hydrogen (secondary N) is 1. The van der Waals surface area contributed by atoms with E-state index in [1.807, 2.05) is 24.3 Å². The van der Waals surface area contributed by atoms with Crippen LogP contribution in [-0.4, -0.2) is 29.0 Å². The van der Waals surface area contributed by atoms with E-state index in [1.165, 1.54) is 11.1 Å². The van der Waals surface area contributed by atoms with Crippen LogP contribution in [-0.2, 0) is 16.9 Å². The van der Waals surface area contributed by atoms with Crippen LogP contribution >= 0.6 is 0 Å². The molecule has 0 saturated carbocycles. The first-order chi connectivity index (χ1) is 10.8. The zero-order valence-electron chi connectivity index (χ0n) is 12.2. The van der Waals surface area contributed by atoms with Crippen LogP contribution in [0.25, 0.3) is 0 Å². The lowest BCUT2D eigenvalue weighted by molar-refractivity contribution is -0.0269. The summed E-state index contributed by atoms with van der Waals surface area (Å²) in [4.78, 5) is 18.3. The fourth-order valence-corrected chi connectivity index (χ4v) is 3.30. The molecule has 1 N–H and O–H groups in total. The Morgan fingerprint density at radius 1 is 1.23 bits per heavy atom. The van der Waals surface area contributed by atoms with Gasteiger partial charge in [-0.05, 0) is 23.3 Å². The summed E-state index contributed by atoms with van der Waals surface area (Å²) in [6.45, 7) is 1.90. The third-order valence-corrected chi connectivity index (χ3v) is 4.43. The van der Waals surface area contributed by atoms with E-state index in [1.54, 1.807) is 17.2 Å². The molecule has 112 valence electrons. The van der Waals surface area contributed by atoms with Crippen molar-refractivity contribution in [1.29, 1.82) is 0 Å².